The fraction of sp³-hybridized carbons (Fsp3) is 0.333. The number of allylic oxidation sites excluding steroid dienone is 2. The molecule has 22 heavy (non-hydrogen) atoms. The van der Waals surface area contributed by atoms with Gasteiger partial charge < -0.3 is 10.2 Å². The molecule has 7 heteroatoms. The maximum atomic E-state index is 12.1. The van der Waals surface area contributed by atoms with E-state index >= 15 is 0 Å². The SMILES string of the molecule is CC(=O)CC/C=C(/C)NNS(=O)(=O)c1ccc(C(C)=O)cc1. The lowest BCUT2D eigenvalue weighted by Gasteiger charge is -2.10. The Labute approximate surface area is 130 Å². The van der Waals surface area contributed by atoms with Crippen molar-refractivity contribution in [3.63, 3.8) is 0 Å². The van der Waals surface area contributed by atoms with E-state index in [0.29, 0.717) is 24.1 Å². The number of carbonyl (C=O) groups excluding carboxylic acids is 2. The van der Waals surface area contributed by atoms with Gasteiger partial charge in [-0.25, -0.2) is 8.42 Å². The normalized spacial score (nSPS) is 12.0. The topological polar surface area (TPSA) is 92.3 Å². The molecule has 0 atom stereocenters. The van der Waals surface area contributed by atoms with Gasteiger partial charge in [-0.1, -0.05) is 18.2 Å². The summed E-state index contributed by atoms with van der Waals surface area (Å²) in [5.41, 5.74) is 3.63. The van der Waals surface area contributed by atoms with Crippen LogP contribution >= 0.6 is 0 Å². The highest BCUT2D eigenvalue weighted by atomic mass is 32.2. The minimum atomic E-state index is -3.72. The first-order valence-corrected chi connectivity index (χ1v) is 8.25. The molecule has 0 aliphatic carbocycles. The zero-order valence-corrected chi connectivity index (χ0v) is 13.7. The smallest absolute Gasteiger partial charge is 0.257 e. The summed E-state index contributed by atoms with van der Waals surface area (Å²) in [7, 11) is -3.72. The molecule has 0 fully saturated rings. The molecule has 0 aliphatic heterocycles. The third-order valence-corrected chi connectivity index (χ3v) is 4.16. The van der Waals surface area contributed by atoms with Crippen molar-refractivity contribution in [1.29, 1.82) is 0 Å². The van der Waals surface area contributed by atoms with Crippen molar-refractivity contribution in [3.8, 4) is 0 Å². The van der Waals surface area contributed by atoms with Crippen LogP contribution in [-0.4, -0.2) is 20.0 Å². The first-order chi connectivity index (χ1) is 10.2. The van der Waals surface area contributed by atoms with Gasteiger partial charge in [0.25, 0.3) is 10.0 Å². The lowest BCUT2D eigenvalue weighted by Crippen LogP contribution is -2.36. The number of hydrogen-bond donors (Lipinski definition) is 2. The molecule has 0 radical (unpaired) electrons. The Hall–Kier alpha value is -1.99. The molecule has 0 aromatic heterocycles. The summed E-state index contributed by atoms with van der Waals surface area (Å²) in [6.07, 6.45) is 2.70. The van der Waals surface area contributed by atoms with Crippen LogP contribution in [0.3, 0.4) is 0 Å². The zero-order chi connectivity index (χ0) is 16.8. The van der Waals surface area contributed by atoms with Crippen LogP contribution in [0.25, 0.3) is 0 Å². The summed E-state index contributed by atoms with van der Waals surface area (Å²) in [6.45, 7) is 4.62. The van der Waals surface area contributed by atoms with Crippen LogP contribution in [0.15, 0.2) is 40.9 Å². The molecule has 0 unspecified atom stereocenters. The molecule has 0 saturated carbocycles. The van der Waals surface area contributed by atoms with E-state index in [1.165, 1.54) is 38.1 Å². The van der Waals surface area contributed by atoms with Crippen LogP contribution in [0.4, 0.5) is 0 Å². The summed E-state index contributed by atoms with van der Waals surface area (Å²) < 4.78 is 24.1. The third-order valence-electron chi connectivity index (χ3n) is 2.90. The Kier molecular flexibility index (Phi) is 6.45. The van der Waals surface area contributed by atoms with Crippen LogP contribution in [0.1, 0.15) is 44.0 Å². The molecule has 2 N–H and O–H groups in total. The zero-order valence-electron chi connectivity index (χ0n) is 12.8. The predicted octanol–water partition coefficient (Wildman–Crippen LogP) is 1.95. The minimum absolute atomic E-state index is 0.0570. The second-order valence-electron chi connectivity index (χ2n) is 4.94. The Morgan fingerprint density at radius 2 is 1.68 bits per heavy atom. The Balaban J connectivity index is 2.67. The maximum absolute atomic E-state index is 12.1. The summed E-state index contributed by atoms with van der Waals surface area (Å²) in [4.78, 5) is 24.3. The lowest BCUT2D eigenvalue weighted by molar-refractivity contribution is -0.116. The number of sulfonamides is 1. The average Bonchev–Trinajstić information content (AvgIpc) is 2.45. The number of hydrazine groups is 1. The van der Waals surface area contributed by atoms with E-state index in [-0.39, 0.29) is 16.5 Å². The molecule has 120 valence electrons. The van der Waals surface area contributed by atoms with E-state index in [4.69, 9.17) is 0 Å². The number of hydrogen-bond acceptors (Lipinski definition) is 5. The van der Waals surface area contributed by atoms with Gasteiger partial charge in [0.05, 0.1) is 4.90 Å². The fourth-order valence-corrected chi connectivity index (χ4v) is 2.53. The lowest BCUT2D eigenvalue weighted by atomic mass is 10.2. The van der Waals surface area contributed by atoms with E-state index in [9.17, 15) is 18.0 Å². The van der Waals surface area contributed by atoms with Gasteiger partial charge >= 0.3 is 0 Å². The molecule has 1 aromatic carbocycles. The minimum Gasteiger partial charge on any atom is -0.313 e. The van der Waals surface area contributed by atoms with Crippen LogP contribution in [0.2, 0.25) is 0 Å². The van der Waals surface area contributed by atoms with Crippen molar-refractivity contribution in [1.82, 2.24) is 10.3 Å². The highest BCUT2D eigenvalue weighted by molar-refractivity contribution is 7.89. The van der Waals surface area contributed by atoms with Crippen molar-refractivity contribution in [2.75, 3.05) is 0 Å². The Morgan fingerprint density at radius 3 is 2.18 bits per heavy atom. The van der Waals surface area contributed by atoms with Crippen molar-refractivity contribution in [3.05, 3.63) is 41.6 Å². The second-order valence-corrected chi connectivity index (χ2v) is 6.62. The van der Waals surface area contributed by atoms with Crippen molar-refractivity contribution in [2.45, 2.75) is 38.5 Å². The summed E-state index contributed by atoms with van der Waals surface area (Å²) in [5.74, 6) is -0.0468. The molecule has 0 heterocycles. The van der Waals surface area contributed by atoms with Crippen molar-refractivity contribution >= 4 is 21.6 Å². The first kappa shape index (κ1) is 18.1. The van der Waals surface area contributed by atoms with Gasteiger partial charge in [0.1, 0.15) is 5.78 Å². The predicted molar refractivity (Wildman–Crippen MR) is 83.6 cm³/mol. The molecule has 0 bridgehead atoms. The highest BCUT2D eigenvalue weighted by Crippen LogP contribution is 2.10. The monoisotopic (exact) mass is 324 g/mol. The van der Waals surface area contributed by atoms with E-state index in [2.05, 4.69) is 10.3 Å². The van der Waals surface area contributed by atoms with Crippen LogP contribution < -0.4 is 10.3 Å². The summed E-state index contributed by atoms with van der Waals surface area (Å²) in [6, 6.07) is 5.67. The van der Waals surface area contributed by atoms with Crippen LogP contribution in [0, 0.1) is 0 Å². The number of nitrogens with one attached hydrogen (secondary N) is 2. The van der Waals surface area contributed by atoms with Crippen molar-refractivity contribution in [2.24, 2.45) is 0 Å². The molecular weight excluding hydrogens is 304 g/mol. The average molecular weight is 324 g/mol. The molecule has 0 saturated heterocycles. The molecule has 0 aliphatic rings. The van der Waals surface area contributed by atoms with Gasteiger partial charge in [0.15, 0.2) is 5.78 Å². The Morgan fingerprint density at radius 1 is 1.09 bits per heavy atom. The van der Waals surface area contributed by atoms with Gasteiger partial charge in [-0.2, -0.15) is 0 Å². The van der Waals surface area contributed by atoms with Gasteiger partial charge in [0.2, 0.25) is 0 Å². The molecule has 0 amide bonds. The number of benzene rings is 1. The van der Waals surface area contributed by atoms with Gasteiger partial charge in [-0.15, -0.1) is 4.83 Å². The van der Waals surface area contributed by atoms with Gasteiger partial charge in [-0.05, 0) is 39.3 Å². The van der Waals surface area contributed by atoms with Gasteiger partial charge in [-0.3, -0.25) is 4.79 Å². The molecule has 6 nitrogen and oxygen atoms in total. The maximum Gasteiger partial charge on any atom is 0.257 e. The molecular formula is C15H20N2O4S. The molecule has 1 rings (SSSR count). The van der Waals surface area contributed by atoms with E-state index in [1.807, 2.05) is 0 Å². The summed E-state index contributed by atoms with van der Waals surface area (Å²) in [5, 5.41) is 0. The highest BCUT2D eigenvalue weighted by Gasteiger charge is 2.13. The number of carbonyl (C=O) groups is 2. The third kappa shape index (κ3) is 5.79. The Bertz CT molecular complexity index is 676. The first-order valence-electron chi connectivity index (χ1n) is 6.77. The summed E-state index contributed by atoms with van der Waals surface area (Å²) >= 11 is 0. The number of Topliss-reactive ketones (excluding diaryl/α,β-unsaturated/α-hetero) is 2. The second kappa shape index (κ2) is 7.86. The van der Waals surface area contributed by atoms with E-state index < -0.39 is 10.0 Å². The van der Waals surface area contributed by atoms with Crippen LogP contribution in [0.5, 0.6) is 0 Å². The van der Waals surface area contributed by atoms with E-state index in [1.54, 1.807) is 13.0 Å². The van der Waals surface area contributed by atoms with Gasteiger partial charge in [0, 0.05) is 17.7 Å². The van der Waals surface area contributed by atoms with Crippen molar-refractivity contribution < 1.29 is 18.0 Å². The van der Waals surface area contributed by atoms with E-state index in [0.717, 1.165) is 0 Å². The molecule has 0 spiro atoms. The van der Waals surface area contributed by atoms with Crippen LogP contribution in [-0.2, 0) is 14.8 Å². The largest absolute Gasteiger partial charge is 0.313 e. The fourth-order valence-electron chi connectivity index (χ4n) is 1.62. The number of rotatable bonds is 8. The standard InChI is InChI=1S/C15H20N2O4S/c1-11(5-4-6-12(2)18)16-17-22(20,21)15-9-7-14(8-10-15)13(3)19/h5,7-10,16-17H,4,6H2,1-3H3/b11-5-. The number of ketones is 2. The molecule has 1 aromatic rings. The quantitative estimate of drug-likeness (QED) is 0.563.